The Morgan fingerprint density at radius 3 is 2.48 bits per heavy atom. The van der Waals surface area contributed by atoms with Gasteiger partial charge in [0.2, 0.25) is 0 Å². The maximum absolute atomic E-state index is 6.28. The molecule has 4 rings (SSSR count). The smallest absolute Gasteiger partial charge is 0.161 e. The number of anilines is 2. The second-order valence-electron chi connectivity index (χ2n) is 5.71. The van der Waals surface area contributed by atoms with Crippen LogP contribution in [0.2, 0.25) is 10.0 Å². The van der Waals surface area contributed by atoms with E-state index < -0.39 is 0 Å². The van der Waals surface area contributed by atoms with Gasteiger partial charge < -0.3 is 10.1 Å². The van der Waals surface area contributed by atoms with E-state index in [0.29, 0.717) is 22.3 Å². The summed E-state index contributed by atoms with van der Waals surface area (Å²) in [5.41, 5.74) is 2.47. The number of benzene rings is 2. The number of methoxy groups -OCH3 is 1. The molecule has 0 unspecified atom stereocenters. The van der Waals surface area contributed by atoms with Crippen molar-refractivity contribution in [2.45, 2.75) is 6.42 Å². The van der Waals surface area contributed by atoms with Gasteiger partial charge in [0.05, 0.1) is 7.11 Å². The van der Waals surface area contributed by atoms with Crippen LogP contribution in [-0.4, -0.2) is 22.1 Å². The summed E-state index contributed by atoms with van der Waals surface area (Å²) >= 11 is 14.1. The highest BCUT2D eigenvalue weighted by Crippen LogP contribution is 2.32. The third-order valence-corrected chi connectivity index (χ3v) is 5.65. The lowest BCUT2D eigenvalue weighted by atomic mass is 10.1. The van der Waals surface area contributed by atoms with Gasteiger partial charge in [0.1, 0.15) is 27.4 Å². The van der Waals surface area contributed by atoms with Crippen LogP contribution in [0.5, 0.6) is 5.75 Å². The lowest BCUT2D eigenvalue weighted by Gasteiger charge is -2.06. The van der Waals surface area contributed by atoms with Gasteiger partial charge in [-0.2, -0.15) is 0 Å². The summed E-state index contributed by atoms with van der Waals surface area (Å²) in [6.45, 7) is 0. The quantitative estimate of drug-likeness (QED) is 0.449. The Labute approximate surface area is 170 Å². The number of halogens is 2. The lowest BCUT2D eigenvalue weighted by Crippen LogP contribution is -1.96. The fourth-order valence-corrected chi connectivity index (χ4v) is 4.07. The molecule has 1 N–H and O–H groups in total. The number of hydrogen-bond acceptors (Lipinski definition) is 6. The first kappa shape index (κ1) is 18.0. The van der Waals surface area contributed by atoms with Gasteiger partial charge in [-0.3, -0.25) is 0 Å². The first-order valence-electron chi connectivity index (χ1n) is 8.08. The molecule has 0 aliphatic rings. The minimum Gasteiger partial charge on any atom is -0.497 e. The van der Waals surface area contributed by atoms with E-state index in [4.69, 9.17) is 32.9 Å². The van der Waals surface area contributed by atoms with E-state index in [1.165, 1.54) is 17.7 Å². The molecular weight excluding hydrogens is 403 g/mol. The molecule has 0 amide bonds. The maximum atomic E-state index is 6.28. The zero-order valence-corrected chi connectivity index (χ0v) is 16.6. The molecule has 0 fully saturated rings. The summed E-state index contributed by atoms with van der Waals surface area (Å²) in [4.78, 5) is 14.2. The van der Waals surface area contributed by atoms with Gasteiger partial charge in [-0.05, 0) is 42.0 Å². The molecule has 4 aromatic rings. The fourth-order valence-electron chi connectivity index (χ4n) is 2.63. The molecule has 0 aliphatic carbocycles. The first-order valence-corrected chi connectivity index (χ1v) is 9.65. The number of rotatable bonds is 5. The normalized spacial score (nSPS) is 10.9. The van der Waals surface area contributed by atoms with Gasteiger partial charge in [-0.25, -0.2) is 15.0 Å². The minimum atomic E-state index is 0.543. The van der Waals surface area contributed by atoms with Crippen LogP contribution in [0.15, 0.2) is 48.8 Å². The summed E-state index contributed by atoms with van der Waals surface area (Å²) in [6.07, 6.45) is 2.07. The molecule has 0 atom stereocenters. The SMILES string of the molecule is COc1ccc(Nc2ncnc3sc(Cc4c(Cl)cccc4Cl)nc23)cc1. The Morgan fingerprint density at radius 2 is 1.78 bits per heavy atom. The van der Waals surface area contributed by atoms with Gasteiger partial charge in [0, 0.05) is 22.2 Å². The molecule has 2 aromatic heterocycles. The summed E-state index contributed by atoms with van der Waals surface area (Å²) in [5, 5.41) is 5.42. The van der Waals surface area contributed by atoms with Crippen molar-refractivity contribution in [1.82, 2.24) is 15.0 Å². The number of fused-ring (bicyclic) bond motifs is 1. The molecule has 0 radical (unpaired) electrons. The van der Waals surface area contributed by atoms with Crippen LogP contribution in [0.1, 0.15) is 10.6 Å². The van der Waals surface area contributed by atoms with Gasteiger partial charge in [0.25, 0.3) is 0 Å². The van der Waals surface area contributed by atoms with Gasteiger partial charge >= 0.3 is 0 Å². The molecule has 27 heavy (non-hydrogen) atoms. The van der Waals surface area contributed by atoms with Crippen molar-refractivity contribution in [3.05, 3.63) is 69.4 Å². The molecule has 2 aromatic carbocycles. The van der Waals surface area contributed by atoms with E-state index in [0.717, 1.165) is 32.4 Å². The second kappa shape index (κ2) is 7.68. The zero-order chi connectivity index (χ0) is 18.8. The molecule has 0 saturated carbocycles. The van der Waals surface area contributed by atoms with Crippen LogP contribution in [0.4, 0.5) is 11.5 Å². The van der Waals surface area contributed by atoms with Crippen molar-refractivity contribution in [3.63, 3.8) is 0 Å². The Morgan fingerprint density at radius 1 is 1.04 bits per heavy atom. The van der Waals surface area contributed by atoms with Crippen molar-refractivity contribution in [1.29, 1.82) is 0 Å². The summed E-state index contributed by atoms with van der Waals surface area (Å²) < 4.78 is 5.18. The number of nitrogens with zero attached hydrogens (tertiary/aromatic N) is 3. The van der Waals surface area contributed by atoms with Gasteiger partial charge in [-0.15, -0.1) is 0 Å². The van der Waals surface area contributed by atoms with Crippen LogP contribution in [0.25, 0.3) is 10.3 Å². The largest absolute Gasteiger partial charge is 0.497 e. The van der Waals surface area contributed by atoms with Crippen LogP contribution in [0.3, 0.4) is 0 Å². The lowest BCUT2D eigenvalue weighted by molar-refractivity contribution is 0.415. The van der Waals surface area contributed by atoms with E-state index in [9.17, 15) is 0 Å². The third-order valence-electron chi connectivity index (χ3n) is 3.98. The van der Waals surface area contributed by atoms with E-state index in [1.54, 1.807) is 7.11 Å². The molecular formula is C19H14Cl2N4OS. The van der Waals surface area contributed by atoms with Gasteiger partial charge in [0.15, 0.2) is 5.82 Å². The highest BCUT2D eigenvalue weighted by molar-refractivity contribution is 7.18. The molecule has 0 spiro atoms. The molecule has 0 saturated heterocycles. The van der Waals surface area contributed by atoms with Crippen molar-refractivity contribution < 1.29 is 4.74 Å². The minimum absolute atomic E-state index is 0.543. The number of hydrogen-bond donors (Lipinski definition) is 1. The van der Waals surface area contributed by atoms with Crippen LogP contribution < -0.4 is 10.1 Å². The van der Waals surface area contributed by atoms with Crippen molar-refractivity contribution in [3.8, 4) is 5.75 Å². The molecule has 5 nitrogen and oxygen atoms in total. The summed E-state index contributed by atoms with van der Waals surface area (Å²) in [7, 11) is 1.64. The topological polar surface area (TPSA) is 59.9 Å². The van der Waals surface area contributed by atoms with E-state index in [1.807, 2.05) is 42.5 Å². The molecule has 8 heteroatoms. The fraction of sp³-hybridized carbons (Fsp3) is 0.105. The van der Waals surface area contributed by atoms with Crippen molar-refractivity contribution in [2.24, 2.45) is 0 Å². The highest BCUT2D eigenvalue weighted by atomic mass is 35.5. The maximum Gasteiger partial charge on any atom is 0.161 e. The predicted octanol–water partition coefficient (Wildman–Crippen LogP) is 5.74. The summed E-state index contributed by atoms with van der Waals surface area (Å²) in [6, 6.07) is 13.1. The van der Waals surface area contributed by atoms with E-state index in [2.05, 4.69) is 15.3 Å². The number of nitrogens with one attached hydrogen (secondary N) is 1. The van der Waals surface area contributed by atoms with E-state index >= 15 is 0 Å². The Hall–Kier alpha value is -2.41. The monoisotopic (exact) mass is 416 g/mol. The van der Waals surface area contributed by atoms with Crippen LogP contribution in [0, 0.1) is 0 Å². The molecule has 136 valence electrons. The Bertz CT molecular complexity index is 1080. The first-order chi connectivity index (χ1) is 13.1. The average Bonchev–Trinajstić information content (AvgIpc) is 3.09. The van der Waals surface area contributed by atoms with Crippen LogP contribution >= 0.6 is 34.5 Å². The number of aromatic nitrogens is 3. The standard InChI is InChI=1S/C19H14Cl2N4OS/c1-26-12-7-5-11(6-8-12)24-18-17-19(23-10-22-18)27-16(25-17)9-13-14(20)3-2-4-15(13)21/h2-8,10H,9H2,1H3,(H,22,23,24). The highest BCUT2D eigenvalue weighted by Gasteiger charge is 2.14. The number of ether oxygens (including phenoxy) is 1. The second-order valence-corrected chi connectivity index (χ2v) is 7.59. The number of thiazole rings is 1. The van der Waals surface area contributed by atoms with Crippen molar-refractivity contribution in [2.75, 3.05) is 12.4 Å². The van der Waals surface area contributed by atoms with Crippen LogP contribution in [-0.2, 0) is 6.42 Å². The van der Waals surface area contributed by atoms with Crippen molar-refractivity contribution >= 4 is 56.4 Å². The zero-order valence-electron chi connectivity index (χ0n) is 14.2. The van der Waals surface area contributed by atoms with Gasteiger partial charge in [-0.1, -0.05) is 40.6 Å². The molecule has 0 bridgehead atoms. The summed E-state index contributed by atoms with van der Waals surface area (Å²) in [5.74, 6) is 1.44. The Kier molecular flexibility index (Phi) is 5.11. The third kappa shape index (κ3) is 3.83. The average molecular weight is 417 g/mol. The Balaban J connectivity index is 1.65. The molecule has 2 heterocycles. The predicted molar refractivity (Wildman–Crippen MR) is 111 cm³/mol. The molecule has 0 aliphatic heterocycles. The van der Waals surface area contributed by atoms with E-state index in [-0.39, 0.29) is 0 Å².